The molecule has 2 aliphatic rings. The van der Waals surface area contributed by atoms with Crippen LogP contribution in [0.15, 0.2) is 24.3 Å². The molecular weight excluding hydrogens is 348 g/mol. The zero-order valence-electron chi connectivity index (χ0n) is 15.9. The lowest BCUT2D eigenvalue weighted by Gasteiger charge is -2.23. The average molecular weight is 381 g/mol. The summed E-state index contributed by atoms with van der Waals surface area (Å²) in [4.78, 5) is 14.8. The number of likely N-dealkylation sites (tertiary alicyclic amines) is 1. The molecule has 1 amide bonds. The summed E-state index contributed by atoms with van der Waals surface area (Å²) < 4.78 is 5.66. The highest BCUT2D eigenvalue weighted by molar-refractivity contribution is 5.94. The largest absolute Gasteiger partial charge is 0.381 e. The monoisotopic (exact) mass is 380 g/mol. The number of piperidine rings is 1. The smallest absolute Gasteiger partial charge is 0.253 e. The number of rotatable bonds is 7. The molecule has 146 valence electrons. The Balaban J connectivity index is 0.00000243. The van der Waals surface area contributed by atoms with Crippen molar-refractivity contribution in [3.8, 4) is 0 Å². The molecule has 4 nitrogen and oxygen atoms in total. The zero-order valence-corrected chi connectivity index (χ0v) is 16.7. The minimum Gasteiger partial charge on any atom is -0.381 e. The van der Waals surface area contributed by atoms with Crippen LogP contribution < -0.4 is 5.32 Å². The van der Waals surface area contributed by atoms with Crippen LogP contribution in [0.2, 0.25) is 0 Å². The van der Waals surface area contributed by atoms with Crippen molar-refractivity contribution in [3.63, 3.8) is 0 Å². The summed E-state index contributed by atoms with van der Waals surface area (Å²) in [6.07, 6.45) is 5.69. The molecule has 0 radical (unpaired) electrons. The number of ether oxygens (including phenoxy) is 1. The Bertz CT molecular complexity index is 561. The van der Waals surface area contributed by atoms with Gasteiger partial charge < -0.3 is 15.0 Å². The van der Waals surface area contributed by atoms with Crippen molar-refractivity contribution in [1.29, 1.82) is 0 Å². The third-order valence-electron chi connectivity index (χ3n) is 5.43. The molecule has 3 rings (SSSR count). The molecule has 0 saturated carbocycles. The molecule has 0 bridgehead atoms. The van der Waals surface area contributed by atoms with Crippen molar-refractivity contribution >= 4 is 18.3 Å². The SMILES string of the molecule is CCCOCC1CCN(C(=O)c2cccc(CC3CCNCC3)c2)C1.Cl. The Morgan fingerprint density at radius 2 is 2.04 bits per heavy atom. The second-order valence-corrected chi connectivity index (χ2v) is 7.58. The minimum absolute atomic E-state index is 0. The van der Waals surface area contributed by atoms with Gasteiger partial charge in [0.1, 0.15) is 0 Å². The lowest BCUT2D eigenvalue weighted by atomic mass is 9.90. The summed E-state index contributed by atoms with van der Waals surface area (Å²) in [5.74, 6) is 1.43. The molecule has 0 aliphatic carbocycles. The van der Waals surface area contributed by atoms with Crippen molar-refractivity contribution < 1.29 is 9.53 Å². The summed E-state index contributed by atoms with van der Waals surface area (Å²) in [6.45, 7) is 7.67. The average Bonchev–Trinajstić information content (AvgIpc) is 3.11. The van der Waals surface area contributed by atoms with Gasteiger partial charge >= 0.3 is 0 Å². The number of hydrogen-bond donors (Lipinski definition) is 1. The first-order chi connectivity index (χ1) is 12.3. The van der Waals surface area contributed by atoms with Crippen molar-refractivity contribution in [1.82, 2.24) is 10.2 Å². The van der Waals surface area contributed by atoms with Gasteiger partial charge in [0, 0.05) is 31.2 Å². The quantitative estimate of drug-likeness (QED) is 0.735. The fraction of sp³-hybridized carbons (Fsp3) is 0.667. The van der Waals surface area contributed by atoms with Crippen molar-refractivity contribution in [2.45, 2.75) is 39.0 Å². The van der Waals surface area contributed by atoms with E-state index in [1.165, 1.54) is 18.4 Å². The first-order valence-corrected chi connectivity index (χ1v) is 9.93. The van der Waals surface area contributed by atoms with Crippen LogP contribution in [-0.4, -0.2) is 50.2 Å². The maximum Gasteiger partial charge on any atom is 0.253 e. The number of carbonyl (C=O) groups is 1. The number of nitrogens with zero attached hydrogens (tertiary/aromatic N) is 1. The number of benzene rings is 1. The van der Waals surface area contributed by atoms with Crippen LogP contribution in [0.25, 0.3) is 0 Å². The lowest BCUT2D eigenvalue weighted by molar-refractivity contribution is 0.0754. The van der Waals surface area contributed by atoms with Gasteiger partial charge in [-0.05, 0) is 68.8 Å². The van der Waals surface area contributed by atoms with E-state index >= 15 is 0 Å². The van der Waals surface area contributed by atoms with Gasteiger partial charge in [-0.1, -0.05) is 19.1 Å². The standard InChI is InChI=1S/C21H32N2O2.ClH/c1-2-12-25-16-19-8-11-23(15-19)21(24)20-5-3-4-18(14-20)13-17-6-9-22-10-7-17;/h3-5,14,17,19,22H,2,6-13,15-16H2,1H3;1H. The summed E-state index contributed by atoms with van der Waals surface area (Å²) >= 11 is 0. The van der Waals surface area contributed by atoms with Gasteiger partial charge in [-0.25, -0.2) is 0 Å². The van der Waals surface area contributed by atoms with E-state index in [2.05, 4.69) is 24.4 Å². The molecule has 2 saturated heterocycles. The van der Waals surface area contributed by atoms with Gasteiger partial charge in [0.2, 0.25) is 0 Å². The van der Waals surface area contributed by atoms with Gasteiger partial charge in [0.25, 0.3) is 5.91 Å². The van der Waals surface area contributed by atoms with Crippen LogP contribution in [0.1, 0.15) is 48.5 Å². The van der Waals surface area contributed by atoms with E-state index in [-0.39, 0.29) is 18.3 Å². The third-order valence-corrected chi connectivity index (χ3v) is 5.43. The van der Waals surface area contributed by atoms with Crippen LogP contribution in [0, 0.1) is 11.8 Å². The second kappa shape index (κ2) is 10.9. The molecule has 0 spiro atoms. The first-order valence-electron chi connectivity index (χ1n) is 9.93. The lowest BCUT2D eigenvalue weighted by Crippen LogP contribution is -2.30. The molecule has 2 heterocycles. The Labute approximate surface area is 164 Å². The van der Waals surface area contributed by atoms with E-state index in [4.69, 9.17) is 4.74 Å². The highest BCUT2D eigenvalue weighted by Gasteiger charge is 2.27. The fourth-order valence-electron chi connectivity index (χ4n) is 3.98. The highest BCUT2D eigenvalue weighted by atomic mass is 35.5. The molecule has 5 heteroatoms. The van der Waals surface area contributed by atoms with E-state index in [0.29, 0.717) is 5.92 Å². The van der Waals surface area contributed by atoms with Crippen LogP contribution >= 0.6 is 12.4 Å². The van der Waals surface area contributed by atoms with Crippen molar-refractivity contribution in [3.05, 3.63) is 35.4 Å². The van der Waals surface area contributed by atoms with E-state index in [9.17, 15) is 4.79 Å². The number of amides is 1. The molecule has 1 aromatic carbocycles. The van der Waals surface area contributed by atoms with E-state index in [1.807, 2.05) is 17.0 Å². The fourth-order valence-corrected chi connectivity index (χ4v) is 3.98. The molecule has 26 heavy (non-hydrogen) atoms. The van der Waals surface area contributed by atoms with Crippen molar-refractivity contribution in [2.24, 2.45) is 11.8 Å². The van der Waals surface area contributed by atoms with E-state index < -0.39 is 0 Å². The van der Waals surface area contributed by atoms with Crippen LogP contribution in [0.3, 0.4) is 0 Å². The van der Waals surface area contributed by atoms with E-state index in [0.717, 1.165) is 70.1 Å². The van der Waals surface area contributed by atoms with Gasteiger partial charge in [-0.2, -0.15) is 0 Å². The molecule has 1 unspecified atom stereocenters. The van der Waals surface area contributed by atoms with Crippen molar-refractivity contribution in [2.75, 3.05) is 39.4 Å². The van der Waals surface area contributed by atoms with Gasteiger partial charge in [0.05, 0.1) is 6.61 Å². The summed E-state index contributed by atoms with van der Waals surface area (Å²) in [7, 11) is 0. The van der Waals surface area contributed by atoms with Crippen LogP contribution in [-0.2, 0) is 11.2 Å². The minimum atomic E-state index is 0. The number of hydrogen-bond acceptors (Lipinski definition) is 3. The topological polar surface area (TPSA) is 41.6 Å². The predicted molar refractivity (Wildman–Crippen MR) is 108 cm³/mol. The molecule has 2 fully saturated rings. The molecular formula is C21H33ClN2O2. The van der Waals surface area contributed by atoms with Gasteiger partial charge in [-0.15, -0.1) is 12.4 Å². The normalized spacial score (nSPS) is 20.8. The summed E-state index contributed by atoms with van der Waals surface area (Å²) in [5, 5.41) is 3.42. The molecule has 1 aromatic rings. The number of halogens is 1. The Morgan fingerprint density at radius 3 is 2.81 bits per heavy atom. The molecule has 0 aromatic heterocycles. The molecule has 2 aliphatic heterocycles. The predicted octanol–water partition coefficient (Wildman–Crippen LogP) is 3.54. The van der Waals surface area contributed by atoms with Crippen LogP contribution in [0.5, 0.6) is 0 Å². The second-order valence-electron chi connectivity index (χ2n) is 7.58. The third kappa shape index (κ3) is 5.97. The molecule has 1 atom stereocenters. The van der Waals surface area contributed by atoms with E-state index in [1.54, 1.807) is 0 Å². The summed E-state index contributed by atoms with van der Waals surface area (Å²) in [6, 6.07) is 8.30. The highest BCUT2D eigenvalue weighted by Crippen LogP contribution is 2.22. The van der Waals surface area contributed by atoms with Gasteiger partial charge in [0.15, 0.2) is 0 Å². The Kier molecular flexibility index (Phi) is 8.89. The Morgan fingerprint density at radius 1 is 1.23 bits per heavy atom. The summed E-state index contributed by atoms with van der Waals surface area (Å²) in [5.41, 5.74) is 2.15. The first kappa shape index (κ1) is 21.2. The maximum atomic E-state index is 12.8. The molecule has 1 N–H and O–H groups in total. The maximum absolute atomic E-state index is 12.8. The zero-order chi connectivity index (χ0) is 17.5. The van der Waals surface area contributed by atoms with Gasteiger partial charge in [-0.3, -0.25) is 4.79 Å². The number of carbonyl (C=O) groups excluding carboxylic acids is 1. The Hall–Kier alpha value is -1.10. The number of nitrogens with one attached hydrogen (secondary N) is 1. The van der Waals surface area contributed by atoms with Crippen LogP contribution in [0.4, 0.5) is 0 Å².